The molecule has 0 radical (unpaired) electrons. The number of carbonyl (C=O) groups excluding carboxylic acids is 1. The Morgan fingerprint density at radius 3 is 2.55 bits per heavy atom. The minimum atomic E-state index is -1.53. The maximum Gasteiger partial charge on any atom is 0.187 e. The first-order chi connectivity index (χ1) is 10.3. The molecule has 2 bridgehead atoms. The van der Waals surface area contributed by atoms with Crippen LogP contribution in [-0.2, 0) is 14.3 Å². The molecule has 2 saturated heterocycles. The lowest BCUT2D eigenvalue weighted by Crippen LogP contribution is -2.72. The first-order valence-corrected chi connectivity index (χ1v) is 7.45. The van der Waals surface area contributed by atoms with Gasteiger partial charge in [0.1, 0.15) is 23.9 Å². The van der Waals surface area contributed by atoms with Crippen LogP contribution in [0.15, 0.2) is 11.6 Å². The van der Waals surface area contributed by atoms with Crippen LogP contribution in [0.3, 0.4) is 0 Å². The average Bonchev–Trinajstić information content (AvgIpc) is 3.27. The second-order valence-electron chi connectivity index (χ2n) is 7.11. The average molecular weight is 312 g/mol. The number of ketones is 1. The molecular formula is C15H20O7. The summed E-state index contributed by atoms with van der Waals surface area (Å²) in [5, 5.41) is 41.8. The molecule has 1 spiro atoms. The highest BCUT2D eigenvalue weighted by Crippen LogP contribution is 2.70. The van der Waals surface area contributed by atoms with Gasteiger partial charge in [0.05, 0.1) is 30.8 Å². The molecule has 2 heterocycles. The first kappa shape index (κ1) is 14.7. The largest absolute Gasteiger partial charge is 0.396 e. The van der Waals surface area contributed by atoms with Gasteiger partial charge in [-0.15, -0.1) is 0 Å². The van der Waals surface area contributed by atoms with E-state index in [1.165, 1.54) is 0 Å². The molecule has 7 heteroatoms. The van der Waals surface area contributed by atoms with E-state index in [1.807, 2.05) is 0 Å². The summed E-state index contributed by atoms with van der Waals surface area (Å²) in [7, 11) is 0. The second-order valence-corrected chi connectivity index (χ2v) is 7.11. The van der Waals surface area contributed by atoms with Crippen molar-refractivity contribution in [3.63, 3.8) is 0 Å². The maximum atomic E-state index is 12.3. The standard InChI is InChI=1S/C15H20O7/c1-6-3-7-14(4-16,11(20)8(6)17)13(2)10(19)9(18)12(22-7)15(13)5-21-15/h3,7,9-12,16,18-20H,4-5H2,1-2H3/t7-,9-,10-,11-,12-,13?,14-,15?/m1/s1. The van der Waals surface area contributed by atoms with Crippen LogP contribution in [0.25, 0.3) is 0 Å². The molecule has 3 fully saturated rings. The highest BCUT2D eigenvalue weighted by Gasteiger charge is 2.86. The van der Waals surface area contributed by atoms with Crippen molar-refractivity contribution in [2.24, 2.45) is 10.8 Å². The van der Waals surface area contributed by atoms with E-state index in [0.717, 1.165) is 0 Å². The number of Topliss-reactive ketones (excluding diaryl/α,β-unsaturated/α-hetero) is 1. The minimum absolute atomic E-state index is 0.250. The Morgan fingerprint density at radius 1 is 1.36 bits per heavy atom. The van der Waals surface area contributed by atoms with Crippen molar-refractivity contribution >= 4 is 5.78 Å². The van der Waals surface area contributed by atoms with E-state index in [2.05, 4.69) is 0 Å². The van der Waals surface area contributed by atoms with Gasteiger partial charge < -0.3 is 29.9 Å². The van der Waals surface area contributed by atoms with Gasteiger partial charge in [0.25, 0.3) is 0 Å². The molecule has 4 rings (SSSR count). The van der Waals surface area contributed by atoms with Crippen LogP contribution in [0.4, 0.5) is 0 Å². The number of hydrogen-bond acceptors (Lipinski definition) is 7. The third kappa shape index (κ3) is 1.18. The number of fused-ring (bicyclic) bond motifs is 2. The van der Waals surface area contributed by atoms with Crippen molar-refractivity contribution in [2.75, 3.05) is 13.2 Å². The highest BCUT2D eigenvalue weighted by atomic mass is 16.6. The molecule has 1 saturated carbocycles. The summed E-state index contributed by atoms with van der Waals surface area (Å²) < 4.78 is 11.5. The van der Waals surface area contributed by atoms with Crippen molar-refractivity contribution in [2.45, 2.75) is 50.0 Å². The lowest BCUT2D eigenvalue weighted by molar-refractivity contribution is -0.253. The molecule has 8 atom stereocenters. The summed E-state index contributed by atoms with van der Waals surface area (Å²) in [6.07, 6.45) is -3.96. The van der Waals surface area contributed by atoms with Gasteiger partial charge in [-0.05, 0) is 18.6 Å². The molecule has 0 amide bonds. The first-order valence-electron chi connectivity index (χ1n) is 7.45. The lowest BCUT2D eigenvalue weighted by atomic mass is 9.50. The van der Waals surface area contributed by atoms with E-state index in [1.54, 1.807) is 19.9 Å². The Hall–Kier alpha value is -0.830. The third-order valence-electron chi connectivity index (χ3n) is 6.58. The zero-order valence-corrected chi connectivity index (χ0v) is 12.4. The molecule has 2 aliphatic heterocycles. The van der Waals surface area contributed by atoms with Crippen LogP contribution in [0, 0.1) is 10.8 Å². The Morgan fingerprint density at radius 2 is 2.00 bits per heavy atom. The smallest absolute Gasteiger partial charge is 0.187 e. The fourth-order valence-corrected chi connectivity index (χ4v) is 5.03. The van der Waals surface area contributed by atoms with E-state index in [0.29, 0.717) is 5.57 Å². The normalized spacial score (nSPS) is 59.5. The Bertz CT molecular complexity index is 582. The molecule has 2 aliphatic carbocycles. The zero-order chi connectivity index (χ0) is 16.1. The van der Waals surface area contributed by atoms with Crippen LogP contribution < -0.4 is 0 Å². The third-order valence-corrected chi connectivity index (χ3v) is 6.58. The van der Waals surface area contributed by atoms with Gasteiger partial charge in [-0.2, -0.15) is 0 Å². The van der Waals surface area contributed by atoms with Crippen LogP contribution in [-0.4, -0.2) is 75.5 Å². The molecule has 4 aliphatic rings. The summed E-state index contributed by atoms with van der Waals surface area (Å²) >= 11 is 0. The summed E-state index contributed by atoms with van der Waals surface area (Å²) in [6, 6.07) is 0. The van der Waals surface area contributed by atoms with Crippen molar-refractivity contribution in [1.82, 2.24) is 0 Å². The van der Waals surface area contributed by atoms with Gasteiger partial charge in [-0.25, -0.2) is 0 Å². The van der Waals surface area contributed by atoms with E-state index in [9.17, 15) is 25.2 Å². The van der Waals surface area contributed by atoms with Crippen LogP contribution in [0.2, 0.25) is 0 Å². The van der Waals surface area contributed by atoms with Crippen LogP contribution in [0.1, 0.15) is 13.8 Å². The number of carbonyl (C=O) groups is 1. The molecule has 2 unspecified atom stereocenters. The zero-order valence-electron chi connectivity index (χ0n) is 12.4. The molecule has 122 valence electrons. The molecule has 22 heavy (non-hydrogen) atoms. The summed E-state index contributed by atoms with van der Waals surface area (Å²) in [6.45, 7) is 2.92. The van der Waals surface area contributed by atoms with Gasteiger partial charge in [-0.3, -0.25) is 4.79 Å². The fraction of sp³-hybridized carbons (Fsp3) is 0.800. The fourth-order valence-electron chi connectivity index (χ4n) is 5.03. The van der Waals surface area contributed by atoms with E-state index in [-0.39, 0.29) is 6.61 Å². The number of ether oxygens (including phenoxy) is 2. The Labute approximate surface area is 127 Å². The Balaban J connectivity index is 1.98. The molecular weight excluding hydrogens is 292 g/mol. The van der Waals surface area contributed by atoms with E-state index in [4.69, 9.17) is 9.47 Å². The van der Waals surface area contributed by atoms with E-state index >= 15 is 0 Å². The minimum Gasteiger partial charge on any atom is -0.396 e. The topological polar surface area (TPSA) is 120 Å². The molecule has 0 aromatic heterocycles. The number of aliphatic hydroxyl groups excluding tert-OH is 4. The maximum absolute atomic E-state index is 12.3. The molecule has 0 aromatic carbocycles. The lowest BCUT2D eigenvalue weighted by Gasteiger charge is -2.58. The summed E-state index contributed by atoms with van der Waals surface area (Å²) in [5.41, 5.74) is -3.28. The van der Waals surface area contributed by atoms with Crippen molar-refractivity contribution in [1.29, 1.82) is 0 Å². The van der Waals surface area contributed by atoms with Crippen LogP contribution >= 0.6 is 0 Å². The molecule has 4 N–H and O–H groups in total. The highest BCUT2D eigenvalue weighted by molar-refractivity contribution is 6.00. The summed E-state index contributed by atoms with van der Waals surface area (Å²) in [4.78, 5) is 12.3. The molecule has 0 aromatic rings. The van der Waals surface area contributed by atoms with Crippen LogP contribution in [0.5, 0.6) is 0 Å². The summed E-state index contributed by atoms with van der Waals surface area (Å²) in [5.74, 6) is -0.502. The van der Waals surface area contributed by atoms with Gasteiger partial charge in [0, 0.05) is 5.41 Å². The van der Waals surface area contributed by atoms with Gasteiger partial charge in [-0.1, -0.05) is 6.92 Å². The van der Waals surface area contributed by atoms with Crippen molar-refractivity contribution in [3.8, 4) is 0 Å². The van der Waals surface area contributed by atoms with Gasteiger partial charge in [0.15, 0.2) is 5.78 Å². The van der Waals surface area contributed by atoms with Gasteiger partial charge >= 0.3 is 0 Å². The number of rotatable bonds is 1. The van der Waals surface area contributed by atoms with Crippen molar-refractivity contribution in [3.05, 3.63) is 11.6 Å². The molecule has 7 nitrogen and oxygen atoms in total. The number of aliphatic hydroxyl groups is 4. The number of epoxide rings is 1. The predicted octanol–water partition coefficient (Wildman–Crippen LogP) is -1.87. The second kappa shape index (κ2) is 3.98. The van der Waals surface area contributed by atoms with Gasteiger partial charge in [0.2, 0.25) is 0 Å². The van der Waals surface area contributed by atoms with E-state index < -0.39 is 59.3 Å². The predicted molar refractivity (Wildman–Crippen MR) is 71.8 cm³/mol. The quantitative estimate of drug-likeness (QED) is 0.419. The van der Waals surface area contributed by atoms with Crippen molar-refractivity contribution < 1.29 is 34.7 Å². The monoisotopic (exact) mass is 312 g/mol. The Kier molecular flexibility index (Phi) is 2.67. The SMILES string of the molecule is CC1=C[C@H]2O[C@@H]3[C@H](O)[C@@H](O)C(C)(C34CO4)[C@@]2(CO)[C@H](O)C1=O. The number of hydrogen-bond donors (Lipinski definition) is 4.